The lowest BCUT2D eigenvalue weighted by Crippen LogP contribution is -2.08. The summed E-state index contributed by atoms with van der Waals surface area (Å²) in [6.07, 6.45) is 3.42. The van der Waals surface area contributed by atoms with Gasteiger partial charge < -0.3 is 9.67 Å². The second-order valence-electron chi connectivity index (χ2n) is 4.79. The van der Waals surface area contributed by atoms with Crippen LogP contribution in [0.4, 0.5) is 0 Å². The Labute approximate surface area is 119 Å². The number of nitrogens with zero attached hydrogens (tertiary/aromatic N) is 1. The molecule has 0 unspecified atom stereocenters. The number of unbranched alkanes of at least 4 members (excludes halogenated alkanes) is 1. The van der Waals surface area contributed by atoms with E-state index in [1.165, 1.54) is 24.1 Å². The van der Waals surface area contributed by atoms with Gasteiger partial charge in [0.15, 0.2) is 0 Å². The Morgan fingerprint density at radius 1 is 1.05 bits per heavy atom. The molecule has 0 aliphatic rings. The molecule has 1 heterocycles. The van der Waals surface area contributed by atoms with Gasteiger partial charge in [-0.25, -0.2) is 0 Å². The maximum Gasteiger partial charge on any atom is 0.0833 e. The van der Waals surface area contributed by atoms with Gasteiger partial charge in [0.1, 0.15) is 0 Å². The minimum absolute atomic E-state index is 0.0831. The number of aliphatic hydroxyl groups is 1. The van der Waals surface area contributed by atoms with Crippen molar-refractivity contribution in [3.05, 3.63) is 58.4 Å². The number of rotatable bonds is 6. The largest absolute Gasteiger partial charge is 0.390 e. The van der Waals surface area contributed by atoms with Crippen LogP contribution in [-0.2, 0) is 19.6 Å². The summed E-state index contributed by atoms with van der Waals surface area (Å²) in [7, 11) is 0. The second kappa shape index (κ2) is 6.78. The molecule has 0 fully saturated rings. The highest BCUT2D eigenvalue weighted by molar-refractivity contribution is 6.30. The lowest BCUT2D eigenvalue weighted by Gasteiger charge is -2.13. The van der Waals surface area contributed by atoms with Crippen molar-refractivity contribution < 1.29 is 5.11 Å². The first kappa shape index (κ1) is 14.2. The first-order valence-electron chi connectivity index (χ1n) is 6.77. The van der Waals surface area contributed by atoms with E-state index < -0.39 is 0 Å². The topological polar surface area (TPSA) is 25.2 Å². The molecule has 0 bridgehead atoms. The Morgan fingerprint density at radius 3 is 2.37 bits per heavy atom. The normalized spacial score (nSPS) is 10.9. The molecule has 0 aliphatic heterocycles. The van der Waals surface area contributed by atoms with E-state index in [9.17, 15) is 5.11 Å². The monoisotopic (exact) mass is 277 g/mol. The van der Waals surface area contributed by atoms with Gasteiger partial charge in [-0.1, -0.05) is 37.1 Å². The third-order valence-electron chi connectivity index (χ3n) is 3.36. The van der Waals surface area contributed by atoms with Gasteiger partial charge in [0.2, 0.25) is 0 Å². The van der Waals surface area contributed by atoms with Crippen LogP contribution in [0, 0.1) is 0 Å². The van der Waals surface area contributed by atoms with Gasteiger partial charge in [-0.2, -0.15) is 0 Å². The molecule has 3 heteroatoms. The van der Waals surface area contributed by atoms with Gasteiger partial charge in [-0.3, -0.25) is 0 Å². The van der Waals surface area contributed by atoms with Crippen LogP contribution in [0.5, 0.6) is 0 Å². The average Bonchev–Trinajstić information content (AvgIpc) is 2.81. The molecule has 0 saturated carbocycles. The van der Waals surface area contributed by atoms with Gasteiger partial charge in [0.25, 0.3) is 0 Å². The highest BCUT2D eigenvalue weighted by Crippen LogP contribution is 2.17. The molecule has 2 aromatic rings. The van der Waals surface area contributed by atoms with Crippen molar-refractivity contribution >= 4 is 11.6 Å². The third-order valence-corrected chi connectivity index (χ3v) is 3.62. The van der Waals surface area contributed by atoms with Gasteiger partial charge in [-0.15, -0.1) is 0 Å². The maximum absolute atomic E-state index is 9.44. The molecule has 19 heavy (non-hydrogen) atoms. The third kappa shape index (κ3) is 3.62. The first-order valence-corrected chi connectivity index (χ1v) is 7.15. The minimum Gasteiger partial charge on any atom is -0.390 e. The predicted octanol–water partition coefficient (Wildman–Crippen LogP) is 4.02. The average molecular weight is 278 g/mol. The number of halogens is 1. The van der Waals surface area contributed by atoms with Gasteiger partial charge in [0.05, 0.1) is 6.61 Å². The Hall–Kier alpha value is -1.25. The van der Waals surface area contributed by atoms with E-state index in [1.807, 2.05) is 30.3 Å². The fourth-order valence-electron chi connectivity index (χ4n) is 2.25. The minimum atomic E-state index is 0.0831. The van der Waals surface area contributed by atoms with Crippen molar-refractivity contribution in [1.29, 1.82) is 0 Å². The van der Waals surface area contributed by atoms with Crippen molar-refractivity contribution in [3.63, 3.8) is 0 Å². The molecule has 1 aromatic carbocycles. The fourth-order valence-corrected chi connectivity index (χ4v) is 2.37. The van der Waals surface area contributed by atoms with Crippen molar-refractivity contribution in [1.82, 2.24) is 4.57 Å². The number of aliphatic hydroxyl groups excluding tert-OH is 1. The molecule has 0 aliphatic carbocycles. The zero-order valence-electron chi connectivity index (χ0n) is 11.3. The number of benzene rings is 1. The standard InChI is InChI=1S/C16H20ClNO/c1-2-3-4-15-9-10-16(12-19)18(15)11-13-5-7-14(17)8-6-13/h5-10,19H,2-4,11-12H2,1H3. The van der Waals surface area contributed by atoms with Gasteiger partial charge >= 0.3 is 0 Å². The Kier molecular flexibility index (Phi) is 5.06. The molecular weight excluding hydrogens is 258 g/mol. The van der Waals surface area contributed by atoms with Crippen molar-refractivity contribution in [2.75, 3.05) is 0 Å². The molecule has 0 spiro atoms. The molecule has 0 saturated heterocycles. The maximum atomic E-state index is 9.44. The van der Waals surface area contributed by atoms with Crippen LogP contribution < -0.4 is 0 Å². The predicted molar refractivity (Wildman–Crippen MR) is 79.5 cm³/mol. The second-order valence-corrected chi connectivity index (χ2v) is 5.23. The summed E-state index contributed by atoms with van der Waals surface area (Å²) in [6, 6.07) is 12.0. The highest BCUT2D eigenvalue weighted by atomic mass is 35.5. The highest BCUT2D eigenvalue weighted by Gasteiger charge is 2.07. The molecule has 1 N–H and O–H groups in total. The summed E-state index contributed by atoms with van der Waals surface area (Å²) >= 11 is 5.91. The summed E-state index contributed by atoms with van der Waals surface area (Å²) in [6.45, 7) is 3.07. The Bertz CT molecular complexity index is 516. The van der Waals surface area contributed by atoms with Crippen LogP contribution in [0.1, 0.15) is 36.7 Å². The van der Waals surface area contributed by atoms with Crippen LogP contribution in [0.2, 0.25) is 5.02 Å². The molecule has 0 amide bonds. The number of hydrogen-bond donors (Lipinski definition) is 1. The van der Waals surface area contributed by atoms with Crippen molar-refractivity contribution in [2.24, 2.45) is 0 Å². The van der Waals surface area contributed by atoms with E-state index in [0.29, 0.717) is 0 Å². The summed E-state index contributed by atoms with van der Waals surface area (Å²) in [5, 5.41) is 10.2. The smallest absolute Gasteiger partial charge is 0.0833 e. The van der Waals surface area contributed by atoms with Crippen LogP contribution in [0.15, 0.2) is 36.4 Å². The summed E-state index contributed by atoms with van der Waals surface area (Å²) in [5.41, 5.74) is 3.47. The van der Waals surface area contributed by atoms with Gasteiger partial charge in [0, 0.05) is 23.0 Å². The van der Waals surface area contributed by atoms with Crippen LogP contribution in [0.25, 0.3) is 0 Å². The quantitative estimate of drug-likeness (QED) is 0.847. The Balaban J connectivity index is 2.21. The first-order chi connectivity index (χ1) is 9.24. The van der Waals surface area contributed by atoms with E-state index in [2.05, 4.69) is 17.6 Å². The number of hydrogen-bond acceptors (Lipinski definition) is 1. The molecule has 2 rings (SSSR count). The molecule has 102 valence electrons. The van der Waals surface area contributed by atoms with Crippen LogP contribution >= 0.6 is 11.6 Å². The summed E-state index contributed by atoms with van der Waals surface area (Å²) in [4.78, 5) is 0. The zero-order chi connectivity index (χ0) is 13.7. The fraction of sp³-hybridized carbons (Fsp3) is 0.375. The van der Waals surface area contributed by atoms with E-state index in [0.717, 1.165) is 23.7 Å². The lowest BCUT2D eigenvalue weighted by molar-refractivity contribution is 0.271. The number of aryl methyl sites for hydroxylation is 1. The van der Waals surface area contributed by atoms with E-state index >= 15 is 0 Å². The lowest BCUT2D eigenvalue weighted by atomic mass is 10.2. The van der Waals surface area contributed by atoms with Crippen LogP contribution in [-0.4, -0.2) is 9.67 Å². The molecule has 2 nitrogen and oxygen atoms in total. The number of aromatic nitrogens is 1. The zero-order valence-corrected chi connectivity index (χ0v) is 12.0. The molecule has 1 aromatic heterocycles. The Morgan fingerprint density at radius 2 is 1.74 bits per heavy atom. The SMILES string of the molecule is CCCCc1ccc(CO)n1Cc1ccc(Cl)cc1. The van der Waals surface area contributed by atoms with E-state index in [-0.39, 0.29) is 6.61 Å². The molecule has 0 radical (unpaired) electrons. The van der Waals surface area contributed by atoms with E-state index in [1.54, 1.807) is 0 Å². The van der Waals surface area contributed by atoms with Crippen LogP contribution in [0.3, 0.4) is 0 Å². The van der Waals surface area contributed by atoms with E-state index in [4.69, 9.17) is 11.6 Å². The van der Waals surface area contributed by atoms with Crippen molar-refractivity contribution in [3.8, 4) is 0 Å². The summed E-state index contributed by atoms with van der Waals surface area (Å²) in [5.74, 6) is 0. The molecular formula is C16H20ClNO. The van der Waals surface area contributed by atoms with Crippen molar-refractivity contribution in [2.45, 2.75) is 39.3 Å². The molecule has 0 atom stereocenters. The summed E-state index contributed by atoms with van der Waals surface area (Å²) < 4.78 is 2.21. The van der Waals surface area contributed by atoms with Gasteiger partial charge in [-0.05, 0) is 42.7 Å².